The molecule has 1 aromatic rings. The highest BCUT2D eigenvalue weighted by Gasteiger charge is 2.29. The van der Waals surface area contributed by atoms with Gasteiger partial charge in [-0.25, -0.2) is 0 Å². The highest BCUT2D eigenvalue weighted by molar-refractivity contribution is 9.10. The third-order valence-corrected chi connectivity index (χ3v) is 5.22. The Morgan fingerprint density at radius 3 is 2.89 bits per heavy atom. The van der Waals surface area contributed by atoms with Crippen molar-refractivity contribution in [3.8, 4) is 0 Å². The van der Waals surface area contributed by atoms with Gasteiger partial charge in [-0.3, -0.25) is 9.59 Å². The molecule has 2 heterocycles. The molecule has 0 aliphatic carbocycles. The van der Waals surface area contributed by atoms with E-state index in [-0.39, 0.29) is 18.4 Å². The molecule has 1 aliphatic rings. The Kier molecular flexibility index (Phi) is 4.99. The molecular weight excluding hydrogens is 330 g/mol. The lowest BCUT2D eigenvalue weighted by atomic mass is 9.97. The maximum absolute atomic E-state index is 12.5. The molecule has 1 fully saturated rings. The maximum Gasteiger partial charge on any atom is 0.303 e. The molecule has 104 valence electrons. The summed E-state index contributed by atoms with van der Waals surface area (Å²) in [5.41, 5.74) is 0. The zero-order chi connectivity index (χ0) is 13.8. The maximum atomic E-state index is 12.5. The van der Waals surface area contributed by atoms with Gasteiger partial charge >= 0.3 is 5.97 Å². The Morgan fingerprint density at radius 1 is 1.47 bits per heavy atom. The lowest BCUT2D eigenvalue weighted by molar-refractivity contribution is -0.137. The van der Waals surface area contributed by atoms with Crippen LogP contribution in [0.2, 0.25) is 0 Å². The van der Waals surface area contributed by atoms with E-state index >= 15 is 0 Å². The first-order valence-electron chi connectivity index (χ1n) is 6.35. The van der Waals surface area contributed by atoms with Crippen molar-refractivity contribution in [3.63, 3.8) is 0 Å². The minimum absolute atomic E-state index is 0.0250. The largest absolute Gasteiger partial charge is 0.481 e. The third-order valence-electron chi connectivity index (χ3n) is 3.39. The number of halogens is 1. The number of hydrogen-bond donors (Lipinski definition) is 1. The van der Waals surface area contributed by atoms with Gasteiger partial charge in [-0.05, 0) is 53.1 Å². The summed E-state index contributed by atoms with van der Waals surface area (Å²) in [6.45, 7) is 0.730. The molecule has 0 aromatic carbocycles. The molecule has 2 rings (SSSR count). The number of rotatable bonds is 4. The van der Waals surface area contributed by atoms with Gasteiger partial charge < -0.3 is 10.0 Å². The Balaban J connectivity index is 2.08. The number of carbonyl (C=O) groups excluding carboxylic acids is 1. The van der Waals surface area contributed by atoms with Gasteiger partial charge in [0.25, 0.3) is 5.91 Å². The molecule has 1 amide bonds. The molecule has 0 radical (unpaired) electrons. The van der Waals surface area contributed by atoms with Gasteiger partial charge in [0.2, 0.25) is 0 Å². The van der Waals surface area contributed by atoms with E-state index in [1.807, 2.05) is 16.3 Å². The highest BCUT2D eigenvalue weighted by atomic mass is 79.9. The highest BCUT2D eigenvalue weighted by Crippen LogP contribution is 2.28. The van der Waals surface area contributed by atoms with Crippen LogP contribution < -0.4 is 0 Å². The van der Waals surface area contributed by atoms with E-state index in [0.717, 1.165) is 30.3 Å². The molecule has 1 aliphatic heterocycles. The molecule has 1 aromatic heterocycles. The van der Waals surface area contributed by atoms with Crippen LogP contribution in [0.25, 0.3) is 0 Å². The minimum atomic E-state index is -0.796. The van der Waals surface area contributed by atoms with Gasteiger partial charge in [-0.15, -0.1) is 11.3 Å². The molecule has 1 atom stereocenters. The van der Waals surface area contributed by atoms with Crippen LogP contribution in [0.5, 0.6) is 0 Å². The first-order valence-corrected chi connectivity index (χ1v) is 8.02. The van der Waals surface area contributed by atoms with Gasteiger partial charge in [0.1, 0.15) is 4.88 Å². The number of likely N-dealkylation sites (tertiary alicyclic amines) is 1. The normalized spacial score (nSPS) is 19.4. The van der Waals surface area contributed by atoms with E-state index in [0.29, 0.717) is 11.3 Å². The molecule has 1 N–H and O–H groups in total. The summed E-state index contributed by atoms with van der Waals surface area (Å²) in [6, 6.07) is 1.93. The van der Waals surface area contributed by atoms with Crippen LogP contribution in [0.1, 0.15) is 41.8 Å². The third kappa shape index (κ3) is 3.57. The van der Waals surface area contributed by atoms with E-state index in [9.17, 15) is 9.59 Å². The predicted molar refractivity (Wildman–Crippen MR) is 77.6 cm³/mol. The number of carboxylic acid groups (broad SMARTS) is 1. The van der Waals surface area contributed by atoms with Gasteiger partial charge in [0, 0.05) is 23.5 Å². The number of amides is 1. The van der Waals surface area contributed by atoms with E-state index in [4.69, 9.17) is 5.11 Å². The van der Waals surface area contributed by atoms with Crippen molar-refractivity contribution in [3.05, 3.63) is 20.8 Å². The summed E-state index contributed by atoms with van der Waals surface area (Å²) in [7, 11) is 0. The van der Waals surface area contributed by atoms with Crippen molar-refractivity contribution in [2.24, 2.45) is 0 Å². The van der Waals surface area contributed by atoms with Crippen molar-refractivity contribution in [2.75, 3.05) is 6.54 Å². The fourth-order valence-electron chi connectivity index (χ4n) is 2.43. The van der Waals surface area contributed by atoms with Crippen molar-refractivity contribution in [1.82, 2.24) is 4.90 Å². The number of carbonyl (C=O) groups is 2. The van der Waals surface area contributed by atoms with Gasteiger partial charge in [-0.2, -0.15) is 0 Å². The summed E-state index contributed by atoms with van der Waals surface area (Å²) < 4.78 is 0.824. The molecular formula is C13H16BrNO3S. The average molecular weight is 346 g/mol. The van der Waals surface area contributed by atoms with Crippen LogP contribution in [0.3, 0.4) is 0 Å². The summed E-state index contributed by atoms with van der Waals surface area (Å²) in [4.78, 5) is 25.7. The number of carboxylic acids is 1. The van der Waals surface area contributed by atoms with Crippen molar-refractivity contribution >= 4 is 39.1 Å². The van der Waals surface area contributed by atoms with E-state index in [1.165, 1.54) is 11.3 Å². The van der Waals surface area contributed by atoms with Crippen LogP contribution in [0.4, 0.5) is 0 Å². The second kappa shape index (κ2) is 6.52. The second-order valence-corrected chi connectivity index (χ2v) is 6.45. The minimum Gasteiger partial charge on any atom is -0.481 e. The summed E-state index contributed by atoms with van der Waals surface area (Å²) in [5.74, 6) is -0.771. The van der Waals surface area contributed by atoms with Crippen LogP contribution in [0.15, 0.2) is 15.9 Å². The molecule has 1 saturated heterocycles. The van der Waals surface area contributed by atoms with Crippen LogP contribution in [-0.2, 0) is 4.79 Å². The quantitative estimate of drug-likeness (QED) is 0.909. The molecule has 0 saturated carbocycles. The van der Waals surface area contributed by atoms with Crippen molar-refractivity contribution < 1.29 is 14.7 Å². The molecule has 0 unspecified atom stereocenters. The molecule has 19 heavy (non-hydrogen) atoms. The number of nitrogens with zero attached hydrogens (tertiary/aromatic N) is 1. The molecule has 6 heteroatoms. The second-order valence-electron chi connectivity index (χ2n) is 4.68. The topological polar surface area (TPSA) is 57.6 Å². The van der Waals surface area contributed by atoms with E-state index in [1.54, 1.807) is 0 Å². The summed E-state index contributed by atoms with van der Waals surface area (Å²) >= 11 is 4.81. The monoisotopic (exact) mass is 345 g/mol. The first kappa shape index (κ1) is 14.5. The van der Waals surface area contributed by atoms with Crippen molar-refractivity contribution in [1.29, 1.82) is 0 Å². The average Bonchev–Trinajstić information content (AvgIpc) is 2.82. The summed E-state index contributed by atoms with van der Waals surface area (Å²) in [6.07, 6.45) is 3.64. The van der Waals surface area contributed by atoms with Crippen molar-refractivity contribution in [2.45, 2.75) is 38.1 Å². The molecule has 0 bridgehead atoms. The molecule has 4 nitrogen and oxygen atoms in total. The van der Waals surface area contributed by atoms with E-state index in [2.05, 4.69) is 15.9 Å². The Bertz CT molecular complexity index is 474. The lowest BCUT2D eigenvalue weighted by Crippen LogP contribution is -2.43. The number of aliphatic carboxylic acids is 1. The fourth-order valence-corrected chi connectivity index (χ4v) is 3.93. The first-order chi connectivity index (χ1) is 9.09. The smallest absolute Gasteiger partial charge is 0.303 e. The zero-order valence-electron chi connectivity index (χ0n) is 10.5. The van der Waals surface area contributed by atoms with Crippen LogP contribution in [0, 0.1) is 0 Å². The Morgan fingerprint density at radius 2 is 2.26 bits per heavy atom. The summed E-state index contributed by atoms with van der Waals surface area (Å²) in [5, 5.41) is 10.7. The molecule has 0 spiro atoms. The standard InChI is InChI=1S/C13H16BrNO3S/c14-10-6-8-19-12(10)13(18)15-7-2-1-3-9(15)4-5-11(16)17/h6,8-9H,1-5,7H2,(H,16,17)/t9-/m1/s1. The fraction of sp³-hybridized carbons (Fsp3) is 0.538. The zero-order valence-corrected chi connectivity index (χ0v) is 12.9. The SMILES string of the molecule is O=C(O)CC[C@H]1CCCCN1C(=O)c1sccc1Br. The van der Waals surface area contributed by atoms with Crippen LogP contribution in [-0.4, -0.2) is 34.5 Å². The lowest BCUT2D eigenvalue weighted by Gasteiger charge is -2.35. The number of thiophene rings is 1. The number of piperidine rings is 1. The van der Waals surface area contributed by atoms with Gasteiger partial charge in [-0.1, -0.05) is 0 Å². The van der Waals surface area contributed by atoms with E-state index < -0.39 is 5.97 Å². The number of hydrogen-bond acceptors (Lipinski definition) is 3. The van der Waals surface area contributed by atoms with Crippen LogP contribution >= 0.6 is 27.3 Å². The Hall–Kier alpha value is -0.880. The Labute approximate surface area is 124 Å². The van der Waals surface area contributed by atoms with Gasteiger partial charge in [0.05, 0.1) is 0 Å². The van der Waals surface area contributed by atoms with Gasteiger partial charge in [0.15, 0.2) is 0 Å². The predicted octanol–water partition coefficient (Wildman–Crippen LogP) is 3.37.